The predicted molar refractivity (Wildman–Crippen MR) is 59.1 cm³/mol. The molecule has 2 aliphatic rings. The van der Waals surface area contributed by atoms with Gasteiger partial charge in [0.2, 0.25) is 0 Å². The SMILES string of the molecule is [2H]C1([2H])NC[C@@]2([2H])C([2H])([2H])[C@@]12c1ccc(Cl)c(Cl)c1. The predicted octanol–water partition coefficient (Wildman–Crippen LogP) is 2.85. The van der Waals surface area contributed by atoms with Crippen LogP contribution in [0.5, 0.6) is 0 Å². The molecule has 3 heteroatoms. The highest BCUT2D eigenvalue weighted by Gasteiger charge is 2.57. The Morgan fingerprint density at radius 3 is 3.00 bits per heavy atom. The molecule has 0 aromatic heterocycles. The van der Waals surface area contributed by atoms with Gasteiger partial charge in [-0.3, -0.25) is 0 Å². The number of hydrogen-bond donors (Lipinski definition) is 1. The molecule has 1 aliphatic heterocycles. The van der Waals surface area contributed by atoms with Crippen LogP contribution >= 0.6 is 23.2 Å². The van der Waals surface area contributed by atoms with E-state index in [4.69, 9.17) is 30.1 Å². The Morgan fingerprint density at radius 1 is 1.50 bits per heavy atom. The van der Waals surface area contributed by atoms with Crippen molar-refractivity contribution in [3.05, 3.63) is 33.8 Å². The summed E-state index contributed by atoms with van der Waals surface area (Å²) < 4.78 is 40.5. The zero-order valence-corrected chi connectivity index (χ0v) is 8.71. The Kier molecular flexibility index (Phi) is 1.07. The van der Waals surface area contributed by atoms with Crippen LogP contribution < -0.4 is 5.32 Å². The van der Waals surface area contributed by atoms with Gasteiger partial charge in [0.05, 0.1) is 10.0 Å². The summed E-state index contributed by atoms with van der Waals surface area (Å²) >= 11 is 11.8. The molecule has 0 unspecified atom stereocenters. The smallest absolute Gasteiger partial charge is 0.0595 e. The third-order valence-electron chi connectivity index (χ3n) is 2.62. The first-order valence-corrected chi connectivity index (χ1v) is 5.08. The van der Waals surface area contributed by atoms with Crippen LogP contribution in [0.4, 0.5) is 0 Å². The summed E-state index contributed by atoms with van der Waals surface area (Å²) in [4.78, 5) is 0. The maximum atomic E-state index is 8.27. The number of piperidine rings is 1. The zero-order valence-electron chi connectivity index (χ0n) is 12.2. The van der Waals surface area contributed by atoms with Crippen molar-refractivity contribution in [2.45, 2.75) is 11.8 Å². The Labute approximate surface area is 100 Å². The van der Waals surface area contributed by atoms with Crippen molar-refractivity contribution in [1.29, 1.82) is 0 Å². The van der Waals surface area contributed by atoms with Gasteiger partial charge in [-0.05, 0) is 36.5 Å². The first-order valence-electron chi connectivity index (χ1n) is 6.82. The molecule has 0 amide bonds. The lowest BCUT2D eigenvalue weighted by molar-refractivity contribution is 0.676. The molecule has 1 nitrogen and oxygen atoms in total. The fourth-order valence-corrected chi connectivity index (χ4v) is 2.09. The van der Waals surface area contributed by atoms with E-state index in [-0.39, 0.29) is 11.6 Å². The molecule has 1 aromatic rings. The van der Waals surface area contributed by atoms with Gasteiger partial charge in [0.15, 0.2) is 0 Å². The van der Waals surface area contributed by atoms with Crippen molar-refractivity contribution in [1.82, 2.24) is 5.32 Å². The maximum Gasteiger partial charge on any atom is 0.0595 e. The minimum atomic E-state index is -2.00. The Bertz CT molecular complexity index is 568. The van der Waals surface area contributed by atoms with Gasteiger partial charge in [-0.25, -0.2) is 0 Å². The molecule has 3 rings (SSSR count). The van der Waals surface area contributed by atoms with Crippen molar-refractivity contribution in [3.63, 3.8) is 0 Å². The van der Waals surface area contributed by atoms with Crippen LogP contribution in [0.1, 0.15) is 18.8 Å². The Morgan fingerprint density at radius 2 is 2.36 bits per heavy atom. The molecule has 0 spiro atoms. The van der Waals surface area contributed by atoms with Crippen LogP contribution in [0.3, 0.4) is 0 Å². The van der Waals surface area contributed by atoms with Gasteiger partial charge in [0.25, 0.3) is 0 Å². The molecule has 1 heterocycles. The molecular formula is C11H11Cl2N. The highest BCUT2D eigenvalue weighted by molar-refractivity contribution is 6.42. The topological polar surface area (TPSA) is 12.0 Å². The van der Waals surface area contributed by atoms with E-state index in [2.05, 4.69) is 5.32 Å². The summed E-state index contributed by atoms with van der Waals surface area (Å²) in [5, 5.41) is 3.16. The summed E-state index contributed by atoms with van der Waals surface area (Å²) in [6.07, 6.45) is -1.95. The van der Waals surface area contributed by atoms with E-state index < -0.39 is 24.2 Å². The third kappa shape index (κ3) is 1.13. The second-order valence-corrected chi connectivity index (χ2v) is 4.28. The van der Waals surface area contributed by atoms with Crippen LogP contribution in [-0.4, -0.2) is 13.0 Å². The monoisotopic (exact) mass is 232 g/mol. The van der Waals surface area contributed by atoms with E-state index in [1.54, 1.807) is 6.07 Å². The van der Waals surface area contributed by atoms with E-state index in [1.807, 2.05) is 0 Å². The molecule has 2 fully saturated rings. The fourth-order valence-electron chi connectivity index (χ4n) is 1.79. The Balaban J connectivity index is 2.24. The van der Waals surface area contributed by atoms with Gasteiger partial charge in [0.1, 0.15) is 0 Å². The highest BCUT2D eigenvalue weighted by Crippen LogP contribution is 2.56. The minimum Gasteiger partial charge on any atom is -0.316 e. The molecule has 1 saturated carbocycles. The molecule has 1 saturated heterocycles. The molecule has 0 radical (unpaired) electrons. The number of rotatable bonds is 1. The van der Waals surface area contributed by atoms with Gasteiger partial charge in [-0.2, -0.15) is 0 Å². The van der Waals surface area contributed by atoms with Crippen LogP contribution in [0.2, 0.25) is 10.0 Å². The molecule has 1 N–H and O–H groups in total. The van der Waals surface area contributed by atoms with Crippen molar-refractivity contribution >= 4 is 23.2 Å². The molecule has 1 aromatic carbocycles. The van der Waals surface area contributed by atoms with Crippen LogP contribution in [0, 0.1) is 5.89 Å². The van der Waals surface area contributed by atoms with E-state index in [0.717, 1.165) is 0 Å². The average molecular weight is 233 g/mol. The third-order valence-corrected chi connectivity index (χ3v) is 3.36. The number of nitrogens with one attached hydrogen (secondary N) is 1. The Hall–Kier alpha value is -0.240. The highest BCUT2D eigenvalue weighted by atomic mass is 35.5. The van der Waals surface area contributed by atoms with Crippen molar-refractivity contribution in [3.8, 4) is 0 Å². The van der Waals surface area contributed by atoms with Gasteiger partial charge < -0.3 is 5.32 Å². The van der Waals surface area contributed by atoms with E-state index in [0.29, 0.717) is 10.6 Å². The van der Waals surface area contributed by atoms with Crippen LogP contribution in [-0.2, 0) is 5.41 Å². The first-order chi connectivity index (χ1) is 8.62. The molecule has 2 atom stereocenters. The first kappa shape index (κ1) is 5.20. The van der Waals surface area contributed by atoms with Gasteiger partial charge in [-0.15, -0.1) is 0 Å². The number of benzene rings is 1. The van der Waals surface area contributed by atoms with E-state index in [1.165, 1.54) is 12.1 Å². The largest absolute Gasteiger partial charge is 0.316 e. The van der Waals surface area contributed by atoms with E-state index in [9.17, 15) is 0 Å². The number of fused-ring (bicyclic) bond motifs is 1. The molecule has 0 bridgehead atoms. The standard InChI is InChI=1S/C11H11Cl2N/c12-9-2-1-7(3-10(9)13)11-4-8(11)5-14-6-11/h1-3,8,14H,4-6H2/t8-,11+/m1/s1/i4D2,6D2,8D. The fraction of sp³-hybridized carbons (Fsp3) is 0.455. The maximum absolute atomic E-state index is 8.27. The number of hydrogen-bond acceptors (Lipinski definition) is 1. The van der Waals surface area contributed by atoms with Crippen molar-refractivity contribution < 1.29 is 6.85 Å². The second-order valence-electron chi connectivity index (χ2n) is 3.46. The minimum absolute atomic E-state index is 0.0345. The quantitative estimate of drug-likeness (QED) is 0.786. The number of halogens is 2. The average Bonchev–Trinajstić information content (AvgIpc) is 2.56. The van der Waals surface area contributed by atoms with Crippen LogP contribution in [0.25, 0.3) is 0 Å². The summed E-state index contributed by atoms with van der Waals surface area (Å²) in [6, 6.07) is 4.52. The second kappa shape index (κ2) is 2.88. The summed E-state index contributed by atoms with van der Waals surface area (Å²) in [5.74, 6) is -1.53. The summed E-state index contributed by atoms with van der Waals surface area (Å²) in [5.41, 5.74) is -1.18. The lowest BCUT2D eigenvalue weighted by Crippen LogP contribution is -2.19. The molecule has 1 aliphatic carbocycles. The van der Waals surface area contributed by atoms with Gasteiger partial charge in [0, 0.05) is 18.8 Å². The summed E-state index contributed by atoms with van der Waals surface area (Å²) in [7, 11) is 0. The van der Waals surface area contributed by atoms with Gasteiger partial charge in [-0.1, -0.05) is 29.3 Å². The lowest BCUT2D eigenvalue weighted by atomic mass is 9.95. The van der Waals surface area contributed by atoms with E-state index >= 15 is 0 Å². The van der Waals surface area contributed by atoms with Crippen molar-refractivity contribution in [2.24, 2.45) is 5.89 Å². The molecular weight excluding hydrogens is 217 g/mol. The molecule has 14 heavy (non-hydrogen) atoms. The lowest BCUT2D eigenvalue weighted by Gasteiger charge is -2.12. The van der Waals surface area contributed by atoms with Gasteiger partial charge >= 0.3 is 0 Å². The molecule has 74 valence electrons. The normalized spacial score (nSPS) is 52.0. The van der Waals surface area contributed by atoms with Crippen LogP contribution in [0.15, 0.2) is 18.2 Å². The van der Waals surface area contributed by atoms with Crippen molar-refractivity contribution in [2.75, 3.05) is 13.0 Å². The zero-order chi connectivity index (χ0) is 14.3. The summed E-state index contributed by atoms with van der Waals surface area (Å²) in [6.45, 7) is -2.04.